The number of halogens is 2. The molecular weight excluding hydrogens is 428 g/mol. The van der Waals surface area contributed by atoms with Crippen molar-refractivity contribution in [1.82, 2.24) is 10.2 Å². The molecule has 0 aliphatic carbocycles. The molecule has 9 heteroatoms. The average Bonchev–Trinajstić information content (AvgIpc) is 3.44. The number of fused-ring (bicyclic) bond motifs is 1. The summed E-state index contributed by atoms with van der Waals surface area (Å²) in [6.45, 7) is 0. The summed E-state index contributed by atoms with van der Waals surface area (Å²) in [5.74, 6) is -0.0961. The molecule has 0 radical (unpaired) electrons. The minimum absolute atomic E-state index is 0.0250. The Balaban J connectivity index is 1.31. The van der Waals surface area contributed by atoms with Gasteiger partial charge in [-0.1, -0.05) is 12.1 Å². The summed E-state index contributed by atoms with van der Waals surface area (Å²) in [4.78, 5) is 13.3. The van der Waals surface area contributed by atoms with Gasteiger partial charge in [-0.25, -0.2) is 18.8 Å². The van der Waals surface area contributed by atoms with Crippen molar-refractivity contribution in [2.24, 2.45) is 15.0 Å². The second-order valence-corrected chi connectivity index (χ2v) is 7.57. The predicted octanol–water partition coefficient (Wildman–Crippen LogP) is 4.58. The van der Waals surface area contributed by atoms with E-state index in [1.807, 2.05) is 30.3 Å². The first-order valence-corrected chi connectivity index (χ1v) is 10.4. The van der Waals surface area contributed by atoms with E-state index < -0.39 is 11.6 Å². The second-order valence-electron chi connectivity index (χ2n) is 7.57. The summed E-state index contributed by atoms with van der Waals surface area (Å²) in [7, 11) is 1.61. The number of aliphatic imine (C=N–C) groups is 3. The number of hydrogen-bond donors (Lipinski definition) is 0. The van der Waals surface area contributed by atoms with E-state index in [2.05, 4.69) is 25.2 Å². The smallest absolute Gasteiger partial charge is 0.247 e. The molecule has 0 amide bonds. The lowest BCUT2D eigenvalue weighted by Crippen LogP contribution is -2.13. The predicted molar refractivity (Wildman–Crippen MR) is 120 cm³/mol. The Morgan fingerprint density at radius 3 is 2.73 bits per heavy atom. The number of aromatic nitrogens is 2. The highest BCUT2D eigenvalue weighted by Gasteiger charge is 2.22. The van der Waals surface area contributed by atoms with Crippen LogP contribution in [0.5, 0.6) is 5.75 Å². The fourth-order valence-corrected chi connectivity index (χ4v) is 3.62. The monoisotopic (exact) mass is 447 g/mol. The Morgan fingerprint density at radius 1 is 1.06 bits per heavy atom. The van der Waals surface area contributed by atoms with Gasteiger partial charge in [0.1, 0.15) is 11.5 Å². The SMILES string of the molecule is COc1ccc(-c2nnc(CC3CC/C=C4/N=C(c5cccc(F)c5F)N=C4C=N3)o2)cc1. The fourth-order valence-electron chi connectivity index (χ4n) is 3.62. The summed E-state index contributed by atoms with van der Waals surface area (Å²) in [5.41, 5.74) is 1.95. The van der Waals surface area contributed by atoms with E-state index in [9.17, 15) is 8.78 Å². The molecule has 3 heterocycles. The molecule has 0 spiro atoms. The van der Waals surface area contributed by atoms with Gasteiger partial charge in [0, 0.05) is 18.2 Å². The molecule has 33 heavy (non-hydrogen) atoms. The third kappa shape index (κ3) is 4.34. The summed E-state index contributed by atoms with van der Waals surface area (Å²) in [6.07, 6.45) is 5.45. The molecule has 1 unspecified atom stereocenters. The lowest BCUT2D eigenvalue weighted by atomic mass is 10.1. The van der Waals surface area contributed by atoms with Gasteiger partial charge in [0.2, 0.25) is 11.8 Å². The number of nitrogens with zero attached hydrogens (tertiary/aromatic N) is 5. The number of benzene rings is 2. The van der Waals surface area contributed by atoms with Gasteiger partial charge in [-0.2, -0.15) is 0 Å². The Hall–Kier alpha value is -4.01. The summed E-state index contributed by atoms with van der Waals surface area (Å²) in [5, 5.41) is 8.28. The van der Waals surface area contributed by atoms with Crippen LogP contribution in [0.2, 0.25) is 0 Å². The highest BCUT2D eigenvalue weighted by atomic mass is 19.2. The third-order valence-electron chi connectivity index (χ3n) is 5.37. The van der Waals surface area contributed by atoms with E-state index in [1.54, 1.807) is 13.3 Å². The van der Waals surface area contributed by atoms with Crippen LogP contribution in [-0.2, 0) is 6.42 Å². The Labute approximate surface area is 188 Å². The average molecular weight is 447 g/mol. The molecule has 0 N–H and O–H groups in total. The Bertz CT molecular complexity index is 1310. The number of allylic oxidation sites excluding steroid dienone is 2. The molecule has 0 saturated heterocycles. The van der Waals surface area contributed by atoms with Gasteiger partial charge < -0.3 is 9.15 Å². The first-order chi connectivity index (χ1) is 16.1. The summed E-state index contributed by atoms with van der Waals surface area (Å²) < 4.78 is 38.7. The number of rotatable bonds is 5. The molecule has 3 aromatic rings. The van der Waals surface area contributed by atoms with Gasteiger partial charge in [0.15, 0.2) is 17.5 Å². The molecule has 2 aromatic carbocycles. The maximum atomic E-state index is 14.2. The number of ether oxygens (including phenoxy) is 1. The van der Waals surface area contributed by atoms with E-state index in [-0.39, 0.29) is 17.4 Å². The summed E-state index contributed by atoms with van der Waals surface area (Å²) in [6, 6.07) is 11.2. The lowest BCUT2D eigenvalue weighted by Gasteiger charge is -2.11. The van der Waals surface area contributed by atoms with Crippen molar-refractivity contribution in [2.45, 2.75) is 25.3 Å². The molecule has 0 saturated carbocycles. The van der Waals surface area contributed by atoms with Gasteiger partial charge in [0.05, 0.1) is 24.4 Å². The van der Waals surface area contributed by atoms with Crippen molar-refractivity contribution in [3.05, 3.63) is 77.3 Å². The van der Waals surface area contributed by atoms with Crippen molar-refractivity contribution in [3.63, 3.8) is 0 Å². The van der Waals surface area contributed by atoms with Gasteiger partial charge >= 0.3 is 0 Å². The van der Waals surface area contributed by atoms with Crippen molar-refractivity contribution in [3.8, 4) is 17.2 Å². The standard InChI is InChI=1S/C24H19F2N5O2/c1-32-16-10-8-14(9-11-16)24-31-30-21(33-24)12-15-4-2-7-19-20(13-27-15)29-23(28-19)17-5-3-6-18(25)22(17)26/h3,5-11,13,15H,2,4,12H2,1H3/b19-7+,27-13?. The molecule has 0 fully saturated rings. The molecule has 166 valence electrons. The zero-order chi connectivity index (χ0) is 22.8. The lowest BCUT2D eigenvalue weighted by molar-refractivity contribution is 0.415. The molecule has 2 aliphatic heterocycles. The third-order valence-corrected chi connectivity index (χ3v) is 5.37. The van der Waals surface area contributed by atoms with E-state index >= 15 is 0 Å². The zero-order valence-electron chi connectivity index (χ0n) is 17.7. The Morgan fingerprint density at radius 2 is 1.91 bits per heavy atom. The van der Waals surface area contributed by atoms with Gasteiger partial charge in [-0.15, -0.1) is 10.2 Å². The van der Waals surface area contributed by atoms with Crippen LogP contribution in [0, 0.1) is 11.6 Å². The van der Waals surface area contributed by atoms with E-state index in [4.69, 9.17) is 9.15 Å². The molecule has 7 nitrogen and oxygen atoms in total. The van der Waals surface area contributed by atoms with Crippen molar-refractivity contribution < 1.29 is 17.9 Å². The van der Waals surface area contributed by atoms with E-state index in [0.717, 1.165) is 23.8 Å². The summed E-state index contributed by atoms with van der Waals surface area (Å²) >= 11 is 0. The minimum atomic E-state index is -0.964. The molecule has 0 bridgehead atoms. The van der Waals surface area contributed by atoms with Crippen molar-refractivity contribution in [2.75, 3.05) is 7.11 Å². The van der Waals surface area contributed by atoms with Crippen LogP contribution in [0.3, 0.4) is 0 Å². The zero-order valence-corrected chi connectivity index (χ0v) is 17.7. The van der Waals surface area contributed by atoms with Crippen LogP contribution < -0.4 is 4.74 Å². The molecule has 1 aromatic heterocycles. The van der Waals surface area contributed by atoms with Crippen LogP contribution in [0.25, 0.3) is 11.5 Å². The molecule has 1 atom stereocenters. The van der Waals surface area contributed by atoms with Crippen LogP contribution >= 0.6 is 0 Å². The molecular formula is C24H19F2N5O2. The maximum absolute atomic E-state index is 14.2. The largest absolute Gasteiger partial charge is 0.497 e. The van der Waals surface area contributed by atoms with Gasteiger partial charge in [-0.3, -0.25) is 4.99 Å². The first-order valence-electron chi connectivity index (χ1n) is 10.4. The van der Waals surface area contributed by atoms with Crippen LogP contribution in [0.1, 0.15) is 24.3 Å². The van der Waals surface area contributed by atoms with Gasteiger partial charge in [-0.05, 0) is 49.2 Å². The second kappa shape index (κ2) is 8.85. The number of hydrogen-bond acceptors (Lipinski definition) is 7. The highest BCUT2D eigenvalue weighted by Crippen LogP contribution is 2.24. The van der Waals surface area contributed by atoms with Crippen molar-refractivity contribution in [1.29, 1.82) is 0 Å². The first kappa shape index (κ1) is 20.9. The molecule has 2 aliphatic rings. The van der Waals surface area contributed by atoms with Crippen LogP contribution in [0.15, 0.2) is 73.6 Å². The highest BCUT2D eigenvalue weighted by molar-refractivity contribution is 6.43. The maximum Gasteiger partial charge on any atom is 0.247 e. The van der Waals surface area contributed by atoms with Gasteiger partial charge in [0.25, 0.3) is 0 Å². The quantitative estimate of drug-likeness (QED) is 0.573. The van der Waals surface area contributed by atoms with E-state index in [1.165, 1.54) is 12.1 Å². The minimum Gasteiger partial charge on any atom is -0.497 e. The van der Waals surface area contributed by atoms with Crippen LogP contribution in [0.4, 0.5) is 8.78 Å². The topological polar surface area (TPSA) is 85.2 Å². The molecule has 5 rings (SSSR count). The Kier molecular flexibility index (Phi) is 5.60. The number of methoxy groups -OCH3 is 1. The fraction of sp³-hybridized carbons (Fsp3) is 0.208. The van der Waals surface area contributed by atoms with Crippen molar-refractivity contribution >= 4 is 17.8 Å². The van der Waals surface area contributed by atoms with Crippen LogP contribution in [-0.4, -0.2) is 41.1 Å². The normalized spacial score (nSPS) is 19.1. The van der Waals surface area contributed by atoms with E-state index in [0.29, 0.717) is 36.0 Å². The number of amidine groups is 1.